The van der Waals surface area contributed by atoms with E-state index in [0.717, 1.165) is 49.5 Å². The summed E-state index contributed by atoms with van der Waals surface area (Å²) in [7, 11) is 0. The molecule has 0 aliphatic heterocycles. The van der Waals surface area contributed by atoms with E-state index < -0.39 is 5.97 Å². The van der Waals surface area contributed by atoms with Crippen LogP contribution in [-0.2, 0) is 17.6 Å². The lowest BCUT2D eigenvalue weighted by Crippen LogP contribution is -2.05. The number of carboxylic acid groups (broad SMARTS) is 1. The lowest BCUT2D eigenvalue weighted by atomic mass is 10.1. The fourth-order valence-corrected chi connectivity index (χ4v) is 3.96. The zero-order valence-corrected chi connectivity index (χ0v) is 16.9. The summed E-state index contributed by atoms with van der Waals surface area (Å²) in [6, 6.07) is 9.33. The number of aryl methyl sites for hydroxylation is 2. The number of aliphatic carboxylic acids is 1. The standard InChI is InChI=1S/C20H20ClN3O2S/c1-4-15-12(3)22-20(16-9-11(2)18(21)27-16)24-19(15)23-14-7-5-13(6-8-14)10-17(25)26/h5-9H,4,10H2,1-3H3,(H,25,26)(H,22,23,24). The van der Waals surface area contributed by atoms with Gasteiger partial charge in [0.05, 0.1) is 15.6 Å². The molecule has 5 nitrogen and oxygen atoms in total. The molecule has 1 aromatic carbocycles. The second-order valence-corrected chi connectivity index (χ2v) is 7.93. The van der Waals surface area contributed by atoms with Crippen molar-refractivity contribution in [2.75, 3.05) is 5.32 Å². The first-order valence-electron chi connectivity index (χ1n) is 8.59. The van der Waals surface area contributed by atoms with Gasteiger partial charge in [0.25, 0.3) is 0 Å². The number of hydrogen-bond donors (Lipinski definition) is 2. The molecule has 0 unspecified atom stereocenters. The van der Waals surface area contributed by atoms with E-state index in [0.29, 0.717) is 5.82 Å². The molecular formula is C20H20ClN3O2S. The number of anilines is 2. The molecule has 0 saturated carbocycles. The highest BCUT2D eigenvalue weighted by Crippen LogP contribution is 2.34. The van der Waals surface area contributed by atoms with E-state index in [9.17, 15) is 4.79 Å². The number of halogens is 1. The Bertz CT molecular complexity index is 964. The maximum atomic E-state index is 10.8. The van der Waals surface area contributed by atoms with Gasteiger partial charge in [0.15, 0.2) is 5.82 Å². The van der Waals surface area contributed by atoms with Gasteiger partial charge in [-0.05, 0) is 49.6 Å². The highest BCUT2D eigenvalue weighted by molar-refractivity contribution is 7.19. The Kier molecular flexibility index (Phi) is 5.77. The van der Waals surface area contributed by atoms with E-state index in [1.807, 2.05) is 32.0 Å². The number of benzene rings is 1. The minimum Gasteiger partial charge on any atom is -0.481 e. The van der Waals surface area contributed by atoms with Gasteiger partial charge >= 0.3 is 5.97 Å². The molecule has 0 radical (unpaired) electrons. The highest BCUT2D eigenvalue weighted by Gasteiger charge is 2.15. The topological polar surface area (TPSA) is 75.1 Å². The molecule has 0 fully saturated rings. The van der Waals surface area contributed by atoms with E-state index in [-0.39, 0.29) is 6.42 Å². The summed E-state index contributed by atoms with van der Waals surface area (Å²) in [5, 5.41) is 12.2. The first kappa shape index (κ1) is 19.3. The summed E-state index contributed by atoms with van der Waals surface area (Å²) in [5.74, 6) is 0.563. The van der Waals surface area contributed by atoms with Crippen molar-refractivity contribution in [3.8, 4) is 10.7 Å². The molecule has 2 heterocycles. The van der Waals surface area contributed by atoms with Crippen molar-refractivity contribution in [3.63, 3.8) is 0 Å². The molecule has 3 rings (SSSR count). The Morgan fingerprint density at radius 3 is 2.48 bits per heavy atom. The fourth-order valence-electron chi connectivity index (χ4n) is 2.82. The van der Waals surface area contributed by atoms with Crippen LogP contribution in [0.15, 0.2) is 30.3 Å². The molecule has 0 bridgehead atoms. The molecule has 140 valence electrons. The molecule has 2 N–H and O–H groups in total. The number of rotatable bonds is 6. The smallest absolute Gasteiger partial charge is 0.307 e. The van der Waals surface area contributed by atoms with Crippen LogP contribution in [0, 0.1) is 13.8 Å². The second kappa shape index (κ2) is 8.06. The minimum absolute atomic E-state index is 0.00966. The Labute approximate surface area is 167 Å². The number of carboxylic acids is 1. The van der Waals surface area contributed by atoms with Crippen molar-refractivity contribution in [3.05, 3.63) is 57.1 Å². The summed E-state index contributed by atoms with van der Waals surface area (Å²) in [6.45, 7) is 6.01. The first-order chi connectivity index (χ1) is 12.9. The van der Waals surface area contributed by atoms with Gasteiger partial charge < -0.3 is 10.4 Å². The van der Waals surface area contributed by atoms with Crippen molar-refractivity contribution in [1.82, 2.24) is 9.97 Å². The quantitative estimate of drug-likeness (QED) is 0.577. The Hall–Kier alpha value is -2.44. The van der Waals surface area contributed by atoms with Crippen molar-refractivity contribution >= 4 is 40.4 Å². The zero-order valence-electron chi connectivity index (χ0n) is 15.3. The number of carbonyl (C=O) groups is 1. The third-order valence-corrected chi connectivity index (χ3v) is 5.77. The Morgan fingerprint density at radius 1 is 1.22 bits per heavy atom. The van der Waals surface area contributed by atoms with Gasteiger partial charge in [-0.15, -0.1) is 11.3 Å². The van der Waals surface area contributed by atoms with E-state index in [4.69, 9.17) is 21.7 Å². The summed E-state index contributed by atoms with van der Waals surface area (Å²) in [6.07, 6.45) is 0.811. The summed E-state index contributed by atoms with van der Waals surface area (Å²) < 4.78 is 0.745. The highest BCUT2D eigenvalue weighted by atomic mass is 35.5. The van der Waals surface area contributed by atoms with Crippen LogP contribution in [0.4, 0.5) is 11.5 Å². The van der Waals surface area contributed by atoms with Crippen molar-refractivity contribution in [2.45, 2.75) is 33.6 Å². The summed E-state index contributed by atoms with van der Waals surface area (Å²) in [5.41, 5.74) is 4.60. The number of nitrogens with zero attached hydrogens (tertiary/aromatic N) is 2. The summed E-state index contributed by atoms with van der Waals surface area (Å²) in [4.78, 5) is 21.1. The van der Waals surface area contributed by atoms with Crippen LogP contribution >= 0.6 is 22.9 Å². The number of hydrogen-bond acceptors (Lipinski definition) is 5. The van der Waals surface area contributed by atoms with Crippen molar-refractivity contribution in [1.29, 1.82) is 0 Å². The van der Waals surface area contributed by atoms with Gasteiger partial charge in [-0.2, -0.15) is 0 Å². The van der Waals surface area contributed by atoms with Crippen LogP contribution < -0.4 is 5.32 Å². The van der Waals surface area contributed by atoms with E-state index in [2.05, 4.69) is 17.2 Å². The van der Waals surface area contributed by atoms with Gasteiger partial charge in [-0.25, -0.2) is 9.97 Å². The average Bonchev–Trinajstić information content (AvgIpc) is 2.95. The third-order valence-electron chi connectivity index (χ3n) is 4.22. The lowest BCUT2D eigenvalue weighted by Gasteiger charge is -2.14. The first-order valence-corrected chi connectivity index (χ1v) is 9.78. The summed E-state index contributed by atoms with van der Waals surface area (Å²) >= 11 is 7.67. The fraction of sp³-hybridized carbons (Fsp3) is 0.250. The van der Waals surface area contributed by atoms with Crippen LogP contribution in [0.1, 0.15) is 29.3 Å². The maximum absolute atomic E-state index is 10.8. The molecule has 0 atom stereocenters. The van der Waals surface area contributed by atoms with Crippen LogP contribution in [0.2, 0.25) is 4.34 Å². The van der Waals surface area contributed by atoms with E-state index in [1.165, 1.54) is 11.3 Å². The normalized spacial score (nSPS) is 10.8. The minimum atomic E-state index is -0.843. The van der Waals surface area contributed by atoms with Crippen LogP contribution in [0.5, 0.6) is 0 Å². The molecular weight excluding hydrogens is 382 g/mol. The molecule has 0 aliphatic carbocycles. The van der Waals surface area contributed by atoms with Gasteiger partial charge in [0.2, 0.25) is 0 Å². The second-order valence-electron chi connectivity index (χ2n) is 6.27. The molecule has 7 heteroatoms. The Morgan fingerprint density at radius 2 is 1.93 bits per heavy atom. The number of nitrogens with one attached hydrogen (secondary N) is 1. The predicted molar refractivity (Wildman–Crippen MR) is 110 cm³/mol. The molecule has 0 spiro atoms. The molecule has 0 aliphatic rings. The van der Waals surface area contributed by atoms with Crippen LogP contribution in [-0.4, -0.2) is 21.0 Å². The largest absolute Gasteiger partial charge is 0.481 e. The van der Waals surface area contributed by atoms with Gasteiger partial charge in [-0.3, -0.25) is 4.79 Å². The van der Waals surface area contributed by atoms with Crippen molar-refractivity contribution in [2.24, 2.45) is 0 Å². The third kappa shape index (κ3) is 4.46. The zero-order chi connectivity index (χ0) is 19.6. The molecule has 0 amide bonds. The molecule has 2 aromatic heterocycles. The van der Waals surface area contributed by atoms with Crippen molar-refractivity contribution < 1.29 is 9.90 Å². The average molecular weight is 402 g/mol. The number of aromatic nitrogens is 2. The lowest BCUT2D eigenvalue weighted by molar-refractivity contribution is -0.136. The van der Waals surface area contributed by atoms with Gasteiger partial charge in [-0.1, -0.05) is 30.7 Å². The van der Waals surface area contributed by atoms with Gasteiger partial charge in [0.1, 0.15) is 5.82 Å². The number of thiophene rings is 1. The van der Waals surface area contributed by atoms with Gasteiger partial charge in [0, 0.05) is 16.9 Å². The molecule has 3 aromatic rings. The van der Waals surface area contributed by atoms with Crippen LogP contribution in [0.3, 0.4) is 0 Å². The molecule has 27 heavy (non-hydrogen) atoms. The van der Waals surface area contributed by atoms with E-state index >= 15 is 0 Å². The molecule has 0 saturated heterocycles. The maximum Gasteiger partial charge on any atom is 0.307 e. The van der Waals surface area contributed by atoms with Crippen LogP contribution in [0.25, 0.3) is 10.7 Å². The Balaban J connectivity index is 1.94. The SMILES string of the molecule is CCc1c(C)nc(-c2cc(C)c(Cl)s2)nc1Nc1ccc(CC(=O)O)cc1. The monoisotopic (exact) mass is 401 g/mol. The van der Waals surface area contributed by atoms with E-state index in [1.54, 1.807) is 12.1 Å². The predicted octanol–water partition coefficient (Wildman–Crippen LogP) is 5.41.